The van der Waals surface area contributed by atoms with Gasteiger partial charge in [-0.05, 0) is 27.7 Å². The molecule has 1 N–H and O–H groups in total. The fourth-order valence-electron chi connectivity index (χ4n) is 2.93. The Balaban J connectivity index is 0.000000276. The largest absolute Gasteiger partial charge is 0.462 e. The molecule has 0 aliphatic carbocycles. The molecule has 0 amide bonds. The minimum absolute atomic E-state index is 0.0435. The van der Waals surface area contributed by atoms with E-state index in [-0.39, 0.29) is 23.2 Å². The SMILES string of the molecule is CC(=O)OC1CC(C)(C)NC(C)(C)C1.c1ccccc1. The number of piperidine rings is 1. The molecule has 0 unspecified atom stereocenters. The summed E-state index contributed by atoms with van der Waals surface area (Å²) in [5.74, 6) is -0.177. The Bertz CT molecular complexity index is 370. The molecular weight excluding hydrogens is 250 g/mol. The molecule has 2 rings (SSSR count). The molecule has 112 valence electrons. The average Bonchev–Trinajstić information content (AvgIpc) is 2.26. The van der Waals surface area contributed by atoms with Crippen LogP contribution < -0.4 is 5.32 Å². The Morgan fingerprint density at radius 1 is 0.950 bits per heavy atom. The van der Waals surface area contributed by atoms with Gasteiger partial charge >= 0.3 is 5.97 Å². The molecule has 1 aliphatic heterocycles. The van der Waals surface area contributed by atoms with Crippen LogP contribution in [0.4, 0.5) is 0 Å². The number of esters is 1. The Labute approximate surface area is 122 Å². The van der Waals surface area contributed by atoms with E-state index in [2.05, 4.69) is 33.0 Å². The van der Waals surface area contributed by atoms with Crippen LogP contribution in [0.2, 0.25) is 0 Å². The van der Waals surface area contributed by atoms with Crippen LogP contribution in [0.5, 0.6) is 0 Å². The second-order valence-electron chi connectivity index (χ2n) is 6.69. The van der Waals surface area contributed by atoms with Crippen LogP contribution >= 0.6 is 0 Å². The predicted molar refractivity (Wildman–Crippen MR) is 82.5 cm³/mol. The van der Waals surface area contributed by atoms with Crippen molar-refractivity contribution < 1.29 is 9.53 Å². The van der Waals surface area contributed by atoms with Gasteiger partial charge in [-0.2, -0.15) is 0 Å². The highest BCUT2D eigenvalue weighted by molar-refractivity contribution is 5.66. The number of carbonyl (C=O) groups excluding carboxylic acids is 1. The van der Waals surface area contributed by atoms with Crippen LogP contribution in [0.15, 0.2) is 36.4 Å². The molecule has 3 heteroatoms. The number of nitrogens with one attached hydrogen (secondary N) is 1. The van der Waals surface area contributed by atoms with Crippen molar-refractivity contribution in [2.45, 2.75) is 64.6 Å². The van der Waals surface area contributed by atoms with E-state index in [1.54, 1.807) is 0 Å². The van der Waals surface area contributed by atoms with Gasteiger partial charge in [-0.25, -0.2) is 0 Å². The van der Waals surface area contributed by atoms with Gasteiger partial charge in [0.1, 0.15) is 6.10 Å². The summed E-state index contributed by atoms with van der Waals surface area (Å²) in [5, 5.41) is 3.54. The van der Waals surface area contributed by atoms with Crippen LogP contribution in [-0.4, -0.2) is 23.2 Å². The first-order valence-corrected chi connectivity index (χ1v) is 7.17. The van der Waals surface area contributed by atoms with Crippen molar-refractivity contribution in [1.29, 1.82) is 0 Å². The molecule has 0 aromatic heterocycles. The molecule has 1 fully saturated rings. The molecule has 1 heterocycles. The molecular formula is C17H27NO2. The average molecular weight is 277 g/mol. The Hall–Kier alpha value is -1.35. The van der Waals surface area contributed by atoms with Gasteiger partial charge in [0, 0.05) is 30.8 Å². The summed E-state index contributed by atoms with van der Waals surface area (Å²) in [6.07, 6.45) is 1.82. The first kappa shape index (κ1) is 16.7. The molecule has 0 bridgehead atoms. The molecule has 0 spiro atoms. The number of benzene rings is 1. The van der Waals surface area contributed by atoms with Crippen molar-refractivity contribution in [2.75, 3.05) is 0 Å². The number of hydrogen-bond donors (Lipinski definition) is 1. The summed E-state index contributed by atoms with van der Waals surface area (Å²) in [6.45, 7) is 10.0. The van der Waals surface area contributed by atoms with Gasteiger partial charge in [0.2, 0.25) is 0 Å². The smallest absolute Gasteiger partial charge is 0.302 e. The van der Waals surface area contributed by atoms with E-state index in [1.165, 1.54) is 6.92 Å². The third-order valence-corrected chi connectivity index (χ3v) is 3.15. The maximum atomic E-state index is 10.9. The van der Waals surface area contributed by atoms with Gasteiger partial charge in [-0.15, -0.1) is 0 Å². The van der Waals surface area contributed by atoms with Crippen molar-refractivity contribution in [3.63, 3.8) is 0 Å². The van der Waals surface area contributed by atoms with Crippen LogP contribution in [0.1, 0.15) is 47.5 Å². The molecule has 20 heavy (non-hydrogen) atoms. The first-order valence-electron chi connectivity index (χ1n) is 7.17. The van der Waals surface area contributed by atoms with E-state index in [0.29, 0.717) is 0 Å². The molecule has 1 aliphatic rings. The second-order valence-corrected chi connectivity index (χ2v) is 6.69. The lowest BCUT2D eigenvalue weighted by Crippen LogP contribution is -2.59. The maximum absolute atomic E-state index is 10.9. The van der Waals surface area contributed by atoms with E-state index in [4.69, 9.17) is 4.74 Å². The van der Waals surface area contributed by atoms with Crippen LogP contribution in [0.25, 0.3) is 0 Å². The standard InChI is InChI=1S/C11H21NO2.C6H6/c1-8(13)14-9-6-10(2,3)12-11(4,5)7-9;1-2-4-6-5-3-1/h9,12H,6-7H2,1-5H3;1-6H. The molecule has 0 atom stereocenters. The zero-order valence-corrected chi connectivity index (χ0v) is 13.3. The third kappa shape index (κ3) is 6.71. The highest BCUT2D eigenvalue weighted by Crippen LogP contribution is 2.30. The van der Waals surface area contributed by atoms with Crippen molar-refractivity contribution >= 4 is 5.97 Å². The lowest BCUT2D eigenvalue weighted by molar-refractivity contribution is -0.150. The molecule has 1 aromatic rings. The zero-order chi connectivity index (χ0) is 15.2. The zero-order valence-electron chi connectivity index (χ0n) is 13.3. The van der Waals surface area contributed by atoms with E-state index in [0.717, 1.165) is 12.8 Å². The Morgan fingerprint density at radius 3 is 1.60 bits per heavy atom. The Kier molecular flexibility index (Phi) is 5.75. The topological polar surface area (TPSA) is 38.3 Å². The number of ether oxygens (including phenoxy) is 1. The third-order valence-electron chi connectivity index (χ3n) is 3.15. The lowest BCUT2D eigenvalue weighted by Gasteiger charge is -2.45. The molecule has 0 saturated carbocycles. The molecule has 1 saturated heterocycles. The van der Waals surface area contributed by atoms with Gasteiger partial charge in [0.05, 0.1) is 0 Å². The summed E-state index contributed by atoms with van der Waals surface area (Å²) in [4.78, 5) is 10.9. The summed E-state index contributed by atoms with van der Waals surface area (Å²) in [6, 6.07) is 12.0. The first-order chi connectivity index (χ1) is 9.20. The molecule has 0 radical (unpaired) electrons. The highest BCUT2D eigenvalue weighted by Gasteiger charge is 2.38. The molecule has 3 nitrogen and oxygen atoms in total. The quantitative estimate of drug-likeness (QED) is 0.798. The summed E-state index contributed by atoms with van der Waals surface area (Å²) in [7, 11) is 0. The van der Waals surface area contributed by atoms with E-state index in [9.17, 15) is 4.79 Å². The van der Waals surface area contributed by atoms with Gasteiger partial charge in [0.25, 0.3) is 0 Å². The van der Waals surface area contributed by atoms with Gasteiger partial charge < -0.3 is 10.1 Å². The van der Waals surface area contributed by atoms with Crippen molar-refractivity contribution in [1.82, 2.24) is 5.32 Å². The Morgan fingerprint density at radius 2 is 1.30 bits per heavy atom. The fraction of sp³-hybridized carbons (Fsp3) is 0.588. The maximum Gasteiger partial charge on any atom is 0.302 e. The van der Waals surface area contributed by atoms with Gasteiger partial charge in [0.15, 0.2) is 0 Å². The van der Waals surface area contributed by atoms with Crippen molar-refractivity contribution in [3.05, 3.63) is 36.4 Å². The van der Waals surface area contributed by atoms with Gasteiger partial charge in [-0.3, -0.25) is 4.79 Å². The fourth-order valence-corrected chi connectivity index (χ4v) is 2.93. The van der Waals surface area contributed by atoms with Crippen molar-refractivity contribution in [3.8, 4) is 0 Å². The monoisotopic (exact) mass is 277 g/mol. The van der Waals surface area contributed by atoms with E-state index >= 15 is 0 Å². The van der Waals surface area contributed by atoms with Gasteiger partial charge in [-0.1, -0.05) is 36.4 Å². The van der Waals surface area contributed by atoms with Crippen LogP contribution in [-0.2, 0) is 9.53 Å². The number of carbonyl (C=O) groups is 1. The molecule has 1 aromatic carbocycles. The van der Waals surface area contributed by atoms with E-state index < -0.39 is 0 Å². The highest BCUT2D eigenvalue weighted by atomic mass is 16.5. The predicted octanol–water partition coefficient (Wildman–Crippen LogP) is 3.55. The summed E-state index contributed by atoms with van der Waals surface area (Å²) in [5.41, 5.74) is 0.0870. The van der Waals surface area contributed by atoms with E-state index in [1.807, 2.05) is 36.4 Å². The lowest BCUT2D eigenvalue weighted by atomic mass is 9.81. The minimum atomic E-state index is -0.177. The van der Waals surface area contributed by atoms with Crippen LogP contribution in [0.3, 0.4) is 0 Å². The normalized spacial score (nSPS) is 20.4. The minimum Gasteiger partial charge on any atom is -0.462 e. The number of rotatable bonds is 1. The summed E-state index contributed by atoms with van der Waals surface area (Å²) < 4.78 is 5.28. The number of hydrogen-bond acceptors (Lipinski definition) is 3. The van der Waals surface area contributed by atoms with Crippen molar-refractivity contribution in [2.24, 2.45) is 0 Å². The summed E-state index contributed by atoms with van der Waals surface area (Å²) >= 11 is 0. The van der Waals surface area contributed by atoms with Crippen LogP contribution in [0, 0.1) is 0 Å². The second kappa shape index (κ2) is 6.89.